The van der Waals surface area contributed by atoms with Crippen molar-refractivity contribution in [3.8, 4) is 23.0 Å². The number of nitrogen functional groups attached to an aromatic ring is 1. The molecule has 0 saturated heterocycles. The normalized spacial score (nSPS) is 12.8. The van der Waals surface area contributed by atoms with Gasteiger partial charge in [0.1, 0.15) is 23.0 Å². The molecular formula is C41H28N4O7. The minimum atomic E-state index is -0.443. The van der Waals surface area contributed by atoms with Gasteiger partial charge in [-0.3, -0.25) is 24.0 Å². The maximum absolute atomic E-state index is 12.8. The Labute approximate surface area is 297 Å². The second kappa shape index (κ2) is 14.1. The Balaban J connectivity index is 0.000000162. The summed E-state index contributed by atoms with van der Waals surface area (Å²) in [6.45, 7) is 0. The number of anilines is 4. The SMILES string of the molecule is Nc1ccc(Oc2ccccc2)cc1N1C(=O)c2ccccc2C1=O.O=CNc1ccc(Oc2ccccc2)cc1N1C(=O)c2ccccc2C1=O. The van der Waals surface area contributed by atoms with Crippen molar-refractivity contribution in [2.75, 3.05) is 20.9 Å². The lowest BCUT2D eigenvalue weighted by molar-refractivity contribution is -0.105. The minimum Gasteiger partial charge on any atom is -0.457 e. The summed E-state index contributed by atoms with van der Waals surface area (Å²) < 4.78 is 11.6. The predicted octanol–water partition coefficient (Wildman–Crippen LogP) is 7.71. The molecule has 3 N–H and O–H groups in total. The molecule has 0 spiro atoms. The molecule has 6 aromatic rings. The number of nitrogens with zero attached hydrogens (tertiary/aromatic N) is 2. The number of hydrogen-bond donors (Lipinski definition) is 2. The molecule has 52 heavy (non-hydrogen) atoms. The van der Waals surface area contributed by atoms with E-state index in [0.29, 0.717) is 68.7 Å². The molecule has 2 aliphatic heterocycles. The second-order valence-corrected chi connectivity index (χ2v) is 11.5. The number of ether oxygens (including phenoxy) is 2. The molecule has 11 heteroatoms. The molecule has 0 saturated carbocycles. The van der Waals surface area contributed by atoms with E-state index in [0.717, 1.165) is 9.80 Å². The highest BCUT2D eigenvalue weighted by atomic mass is 16.5. The number of hydrogen-bond acceptors (Lipinski definition) is 8. The van der Waals surface area contributed by atoms with Crippen molar-refractivity contribution in [1.29, 1.82) is 0 Å². The molecule has 0 atom stereocenters. The highest BCUT2D eigenvalue weighted by molar-refractivity contribution is 6.36. The van der Waals surface area contributed by atoms with Gasteiger partial charge in [-0.15, -0.1) is 0 Å². The Morgan fingerprint density at radius 1 is 0.462 bits per heavy atom. The molecule has 0 bridgehead atoms. The monoisotopic (exact) mass is 688 g/mol. The zero-order valence-electron chi connectivity index (χ0n) is 27.3. The third-order valence-corrected chi connectivity index (χ3v) is 8.21. The van der Waals surface area contributed by atoms with Crippen molar-refractivity contribution in [2.24, 2.45) is 0 Å². The fraction of sp³-hybridized carbons (Fsp3) is 0. The molecule has 2 heterocycles. The summed E-state index contributed by atoms with van der Waals surface area (Å²) in [7, 11) is 0. The summed E-state index contributed by atoms with van der Waals surface area (Å²) in [6.07, 6.45) is 0.495. The predicted molar refractivity (Wildman–Crippen MR) is 195 cm³/mol. The number of para-hydroxylation sites is 2. The summed E-state index contributed by atoms with van der Waals surface area (Å²) in [5.74, 6) is 0.537. The molecule has 2 aliphatic rings. The molecule has 254 valence electrons. The van der Waals surface area contributed by atoms with Gasteiger partial charge in [0.05, 0.1) is 45.0 Å². The number of benzene rings is 6. The van der Waals surface area contributed by atoms with Crippen LogP contribution in [0.1, 0.15) is 41.4 Å². The van der Waals surface area contributed by atoms with Gasteiger partial charge in [-0.1, -0.05) is 60.7 Å². The minimum absolute atomic E-state index is 0.252. The van der Waals surface area contributed by atoms with Crippen molar-refractivity contribution in [3.05, 3.63) is 168 Å². The summed E-state index contributed by atoms with van der Waals surface area (Å²) in [6, 6.07) is 41.4. The molecule has 0 aliphatic carbocycles. The molecule has 0 aromatic heterocycles. The van der Waals surface area contributed by atoms with Gasteiger partial charge >= 0.3 is 0 Å². The van der Waals surface area contributed by atoms with Crippen LogP contribution in [0, 0.1) is 0 Å². The van der Waals surface area contributed by atoms with E-state index in [-0.39, 0.29) is 17.5 Å². The smallest absolute Gasteiger partial charge is 0.266 e. The number of carbonyl (C=O) groups is 5. The maximum atomic E-state index is 12.8. The first-order valence-electron chi connectivity index (χ1n) is 16.0. The van der Waals surface area contributed by atoms with Gasteiger partial charge in [0.25, 0.3) is 23.6 Å². The fourth-order valence-corrected chi connectivity index (χ4v) is 5.79. The lowest BCUT2D eigenvalue weighted by Gasteiger charge is -2.19. The van der Waals surface area contributed by atoms with Gasteiger partial charge in [-0.25, -0.2) is 9.80 Å². The van der Waals surface area contributed by atoms with E-state index < -0.39 is 11.8 Å². The lowest BCUT2D eigenvalue weighted by atomic mass is 10.1. The summed E-state index contributed by atoms with van der Waals surface area (Å²) in [5.41, 5.74) is 8.66. The van der Waals surface area contributed by atoms with Crippen LogP contribution >= 0.6 is 0 Å². The quantitative estimate of drug-likeness (QED) is 0.0939. The van der Waals surface area contributed by atoms with Crippen molar-refractivity contribution in [2.45, 2.75) is 0 Å². The Morgan fingerprint density at radius 2 is 0.846 bits per heavy atom. The van der Waals surface area contributed by atoms with E-state index >= 15 is 0 Å². The first-order chi connectivity index (χ1) is 25.3. The van der Waals surface area contributed by atoms with Crippen LogP contribution in [0.2, 0.25) is 0 Å². The van der Waals surface area contributed by atoms with Gasteiger partial charge in [0, 0.05) is 12.1 Å². The van der Waals surface area contributed by atoms with Crippen LogP contribution < -0.4 is 30.3 Å². The van der Waals surface area contributed by atoms with Gasteiger partial charge < -0.3 is 20.5 Å². The summed E-state index contributed by atoms with van der Waals surface area (Å²) in [5, 5.41) is 2.53. The van der Waals surface area contributed by atoms with Gasteiger partial charge in [-0.2, -0.15) is 0 Å². The molecule has 5 amide bonds. The standard InChI is InChI=1S/C21H14N2O4.C20H14N2O3/c24-13-22-18-11-10-15(27-14-6-2-1-3-7-14)12-19(18)23-20(25)16-8-4-5-9-17(16)21(23)26;21-17-11-10-14(25-13-6-2-1-3-7-13)12-18(17)22-19(23)15-8-4-5-9-16(15)20(22)24/h1-13H,(H,22,24);1-12H,21H2. The third kappa shape index (κ3) is 6.32. The Hall–Kier alpha value is -7.53. The number of rotatable bonds is 8. The highest BCUT2D eigenvalue weighted by Gasteiger charge is 2.38. The van der Waals surface area contributed by atoms with E-state index in [1.165, 1.54) is 0 Å². The second-order valence-electron chi connectivity index (χ2n) is 11.5. The average molecular weight is 689 g/mol. The van der Waals surface area contributed by atoms with Crippen LogP contribution in [0.5, 0.6) is 23.0 Å². The van der Waals surface area contributed by atoms with Gasteiger partial charge in [-0.05, 0) is 72.8 Å². The topological polar surface area (TPSA) is 148 Å². The number of nitrogens with two attached hydrogens (primary N) is 1. The summed E-state index contributed by atoms with van der Waals surface area (Å²) >= 11 is 0. The van der Waals surface area contributed by atoms with Crippen LogP contribution in [0.15, 0.2) is 146 Å². The van der Waals surface area contributed by atoms with Crippen LogP contribution in [-0.4, -0.2) is 30.0 Å². The molecule has 8 rings (SSSR count). The Kier molecular flexibility index (Phi) is 8.97. The number of fused-ring (bicyclic) bond motifs is 2. The van der Waals surface area contributed by atoms with E-state index in [4.69, 9.17) is 15.2 Å². The molecular weight excluding hydrogens is 660 g/mol. The average Bonchev–Trinajstić information content (AvgIpc) is 3.58. The Bertz CT molecular complexity index is 2290. The van der Waals surface area contributed by atoms with Gasteiger partial charge in [0.15, 0.2) is 0 Å². The maximum Gasteiger partial charge on any atom is 0.266 e. The zero-order valence-corrected chi connectivity index (χ0v) is 27.3. The molecule has 11 nitrogen and oxygen atoms in total. The van der Waals surface area contributed by atoms with Crippen molar-refractivity contribution >= 4 is 52.8 Å². The van der Waals surface area contributed by atoms with Crippen molar-refractivity contribution < 1.29 is 33.4 Å². The van der Waals surface area contributed by atoms with Crippen molar-refractivity contribution in [1.82, 2.24) is 0 Å². The molecule has 0 unspecified atom stereocenters. The number of carbonyl (C=O) groups excluding carboxylic acids is 5. The first kappa shape index (κ1) is 33.0. The van der Waals surface area contributed by atoms with E-state index in [9.17, 15) is 24.0 Å². The third-order valence-electron chi connectivity index (χ3n) is 8.21. The lowest BCUT2D eigenvalue weighted by Crippen LogP contribution is -2.30. The molecule has 0 radical (unpaired) electrons. The first-order valence-corrected chi connectivity index (χ1v) is 16.0. The van der Waals surface area contributed by atoms with Crippen LogP contribution in [0.4, 0.5) is 22.7 Å². The Morgan fingerprint density at radius 3 is 1.29 bits per heavy atom. The highest BCUT2D eigenvalue weighted by Crippen LogP contribution is 2.38. The zero-order chi connectivity index (χ0) is 36.2. The molecule has 6 aromatic carbocycles. The summed E-state index contributed by atoms with van der Waals surface area (Å²) in [4.78, 5) is 64.0. The van der Waals surface area contributed by atoms with Crippen LogP contribution in [0.25, 0.3) is 0 Å². The van der Waals surface area contributed by atoms with E-state index in [2.05, 4.69) is 5.32 Å². The van der Waals surface area contributed by atoms with E-state index in [1.807, 2.05) is 48.5 Å². The number of amides is 5. The van der Waals surface area contributed by atoms with Crippen molar-refractivity contribution in [3.63, 3.8) is 0 Å². The van der Waals surface area contributed by atoms with Gasteiger partial charge in [0.2, 0.25) is 6.41 Å². The molecule has 0 fully saturated rings. The van der Waals surface area contributed by atoms with Crippen LogP contribution in [-0.2, 0) is 4.79 Å². The van der Waals surface area contributed by atoms with Crippen LogP contribution in [0.3, 0.4) is 0 Å². The van der Waals surface area contributed by atoms with E-state index in [1.54, 1.807) is 97.1 Å². The number of nitrogens with one attached hydrogen (secondary N) is 1. The fourth-order valence-electron chi connectivity index (χ4n) is 5.79. The number of imide groups is 2. The largest absolute Gasteiger partial charge is 0.457 e.